The van der Waals surface area contributed by atoms with Crippen LogP contribution in [0.4, 0.5) is 0 Å². The summed E-state index contributed by atoms with van der Waals surface area (Å²) >= 11 is 12.7. The van der Waals surface area contributed by atoms with Crippen molar-refractivity contribution >= 4 is 40.8 Å². The highest BCUT2D eigenvalue weighted by molar-refractivity contribution is 7.16. The van der Waals surface area contributed by atoms with Gasteiger partial charge in [0, 0.05) is 11.3 Å². The van der Waals surface area contributed by atoms with Gasteiger partial charge in [0.05, 0.1) is 9.36 Å². The van der Waals surface area contributed by atoms with Crippen molar-refractivity contribution in [2.45, 2.75) is 6.42 Å². The van der Waals surface area contributed by atoms with E-state index in [-0.39, 0.29) is 0 Å². The molecule has 0 unspecified atom stereocenters. The third kappa shape index (κ3) is 1.72. The predicted molar refractivity (Wildman–Crippen MR) is 44.1 cm³/mol. The van der Waals surface area contributed by atoms with Crippen molar-refractivity contribution in [2.24, 2.45) is 0 Å². The molecule has 4 heteroatoms. The molecule has 1 aromatic rings. The van der Waals surface area contributed by atoms with Gasteiger partial charge in [-0.1, -0.05) is 23.2 Å². The summed E-state index contributed by atoms with van der Waals surface area (Å²) in [5, 5.41) is 0.585. The van der Waals surface area contributed by atoms with Crippen molar-refractivity contribution in [1.29, 1.82) is 0 Å². The third-order valence-corrected chi connectivity index (χ3v) is 2.73. The number of halogens is 2. The minimum Gasteiger partial charge on any atom is -0.303 e. The molecule has 54 valence electrons. The molecule has 0 spiro atoms. The van der Waals surface area contributed by atoms with E-state index in [2.05, 4.69) is 0 Å². The number of aldehydes is 1. The van der Waals surface area contributed by atoms with Crippen LogP contribution in [0.25, 0.3) is 0 Å². The molecule has 0 bridgehead atoms. The van der Waals surface area contributed by atoms with Crippen molar-refractivity contribution in [2.75, 3.05) is 0 Å². The quantitative estimate of drug-likeness (QED) is 0.663. The Labute approximate surface area is 72.6 Å². The van der Waals surface area contributed by atoms with Gasteiger partial charge in [0.15, 0.2) is 0 Å². The molecule has 0 aromatic carbocycles. The van der Waals surface area contributed by atoms with Crippen LogP contribution >= 0.6 is 34.5 Å². The summed E-state index contributed by atoms with van der Waals surface area (Å²) in [6, 6.07) is 1.65. The second-order valence-corrected chi connectivity index (χ2v) is 3.87. The van der Waals surface area contributed by atoms with Gasteiger partial charge in [0.1, 0.15) is 6.29 Å². The van der Waals surface area contributed by atoms with E-state index in [0.29, 0.717) is 15.8 Å². The van der Waals surface area contributed by atoms with Gasteiger partial charge in [0.2, 0.25) is 0 Å². The molecule has 1 rings (SSSR count). The Balaban J connectivity index is 2.91. The maximum absolute atomic E-state index is 10.0. The van der Waals surface area contributed by atoms with Crippen molar-refractivity contribution < 1.29 is 4.79 Å². The minimum absolute atomic E-state index is 0.357. The maximum Gasteiger partial charge on any atom is 0.125 e. The van der Waals surface area contributed by atoms with Crippen molar-refractivity contribution in [3.63, 3.8) is 0 Å². The molecule has 0 saturated carbocycles. The monoisotopic (exact) mass is 194 g/mol. The number of hydrogen-bond donors (Lipinski definition) is 0. The summed E-state index contributed by atoms with van der Waals surface area (Å²) in [5.41, 5.74) is 0. The zero-order valence-electron chi connectivity index (χ0n) is 4.93. The van der Waals surface area contributed by atoms with Crippen LogP contribution in [-0.2, 0) is 11.2 Å². The first-order valence-corrected chi connectivity index (χ1v) is 4.18. The summed E-state index contributed by atoms with van der Waals surface area (Å²) in [6.07, 6.45) is 1.17. The van der Waals surface area contributed by atoms with Crippen molar-refractivity contribution in [3.05, 3.63) is 20.3 Å². The first-order valence-electron chi connectivity index (χ1n) is 2.61. The molecular formula is C6H4Cl2OS. The Kier molecular flexibility index (Phi) is 2.72. The van der Waals surface area contributed by atoms with Crippen LogP contribution in [0.3, 0.4) is 0 Å². The SMILES string of the molecule is O=CCc1sc(Cl)cc1Cl. The molecule has 0 radical (unpaired) electrons. The molecular weight excluding hydrogens is 191 g/mol. The van der Waals surface area contributed by atoms with Gasteiger partial charge in [-0.3, -0.25) is 0 Å². The molecule has 0 atom stereocenters. The number of carbonyl (C=O) groups is 1. The van der Waals surface area contributed by atoms with Gasteiger partial charge in [0.25, 0.3) is 0 Å². The van der Waals surface area contributed by atoms with Crippen LogP contribution in [0.5, 0.6) is 0 Å². The molecule has 0 N–H and O–H groups in total. The maximum atomic E-state index is 10.0. The summed E-state index contributed by atoms with van der Waals surface area (Å²) in [4.78, 5) is 10.9. The Bertz CT molecular complexity index is 244. The third-order valence-electron chi connectivity index (χ3n) is 0.996. The molecule has 1 heterocycles. The summed E-state index contributed by atoms with van der Waals surface area (Å²) < 4.78 is 0.627. The van der Waals surface area contributed by atoms with Crippen LogP contribution in [-0.4, -0.2) is 6.29 Å². The molecule has 0 amide bonds. The summed E-state index contributed by atoms with van der Waals surface area (Å²) in [7, 11) is 0. The van der Waals surface area contributed by atoms with E-state index in [9.17, 15) is 4.79 Å². The van der Waals surface area contributed by atoms with Crippen LogP contribution in [0, 0.1) is 0 Å². The lowest BCUT2D eigenvalue weighted by Gasteiger charge is -1.84. The smallest absolute Gasteiger partial charge is 0.125 e. The van der Waals surface area contributed by atoms with Crippen LogP contribution < -0.4 is 0 Å². The zero-order valence-corrected chi connectivity index (χ0v) is 7.26. The lowest BCUT2D eigenvalue weighted by atomic mass is 10.4. The fourth-order valence-corrected chi connectivity index (χ4v) is 2.12. The van der Waals surface area contributed by atoms with Crippen LogP contribution in [0.2, 0.25) is 9.36 Å². The average Bonchev–Trinajstić information content (AvgIpc) is 2.13. The summed E-state index contributed by atoms with van der Waals surface area (Å²) in [6.45, 7) is 0. The Morgan fingerprint density at radius 3 is 2.70 bits per heavy atom. The highest BCUT2D eigenvalue weighted by Crippen LogP contribution is 2.30. The molecule has 0 aliphatic carbocycles. The van der Waals surface area contributed by atoms with E-state index in [1.54, 1.807) is 6.07 Å². The van der Waals surface area contributed by atoms with E-state index < -0.39 is 0 Å². The Morgan fingerprint density at radius 1 is 1.60 bits per heavy atom. The highest BCUT2D eigenvalue weighted by atomic mass is 35.5. The van der Waals surface area contributed by atoms with E-state index >= 15 is 0 Å². The lowest BCUT2D eigenvalue weighted by molar-refractivity contribution is -0.107. The molecule has 10 heavy (non-hydrogen) atoms. The van der Waals surface area contributed by atoms with Gasteiger partial charge >= 0.3 is 0 Å². The topological polar surface area (TPSA) is 17.1 Å². The standard InChI is InChI=1S/C6H4Cl2OS/c7-4-3-6(8)10-5(4)1-2-9/h2-3H,1H2. The van der Waals surface area contributed by atoms with Gasteiger partial charge in [-0.05, 0) is 6.07 Å². The van der Waals surface area contributed by atoms with Crippen molar-refractivity contribution in [3.8, 4) is 0 Å². The molecule has 1 aromatic heterocycles. The number of thiophene rings is 1. The van der Waals surface area contributed by atoms with Crippen LogP contribution in [0.1, 0.15) is 4.88 Å². The molecule has 0 aliphatic rings. The van der Waals surface area contributed by atoms with E-state index in [1.165, 1.54) is 11.3 Å². The normalized spacial score (nSPS) is 9.80. The van der Waals surface area contributed by atoms with Crippen LogP contribution in [0.15, 0.2) is 6.07 Å². The first-order chi connectivity index (χ1) is 4.74. The van der Waals surface area contributed by atoms with E-state index in [1.807, 2.05) is 0 Å². The van der Waals surface area contributed by atoms with Gasteiger partial charge in [-0.15, -0.1) is 11.3 Å². The average molecular weight is 195 g/mol. The molecule has 0 fully saturated rings. The van der Waals surface area contributed by atoms with Gasteiger partial charge < -0.3 is 4.79 Å². The zero-order chi connectivity index (χ0) is 7.56. The van der Waals surface area contributed by atoms with Gasteiger partial charge in [-0.25, -0.2) is 0 Å². The minimum atomic E-state index is 0.357. The fourth-order valence-electron chi connectivity index (χ4n) is 0.591. The second kappa shape index (κ2) is 3.37. The van der Waals surface area contributed by atoms with E-state index in [4.69, 9.17) is 23.2 Å². The second-order valence-electron chi connectivity index (χ2n) is 1.69. The fraction of sp³-hybridized carbons (Fsp3) is 0.167. The first kappa shape index (κ1) is 8.05. The Hall–Kier alpha value is -0.0500. The van der Waals surface area contributed by atoms with Crippen molar-refractivity contribution in [1.82, 2.24) is 0 Å². The lowest BCUT2D eigenvalue weighted by Crippen LogP contribution is -1.78. The number of rotatable bonds is 2. The molecule has 0 aliphatic heterocycles. The van der Waals surface area contributed by atoms with E-state index in [0.717, 1.165) is 11.2 Å². The van der Waals surface area contributed by atoms with Gasteiger partial charge in [-0.2, -0.15) is 0 Å². The number of hydrogen-bond acceptors (Lipinski definition) is 2. The molecule has 1 nitrogen and oxygen atoms in total. The predicted octanol–water partition coefficient (Wildman–Crippen LogP) is 2.80. The summed E-state index contributed by atoms with van der Waals surface area (Å²) in [5.74, 6) is 0. The molecule has 0 saturated heterocycles. The highest BCUT2D eigenvalue weighted by Gasteiger charge is 2.03. The Morgan fingerprint density at radius 2 is 2.30 bits per heavy atom. The largest absolute Gasteiger partial charge is 0.303 e. The number of carbonyl (C=O) groups excluding carboxylic acids is 1.